The van der Waals surface area contributed by atoms with E-state index in [2.05, 4.69) is 15.3 Å². The molecule has 0 saturated heterocycles. The van der Waals surface area contributed by atoms with Crippen LogP contribution in [0, 0.1) is 0 Å². The van der Waals surface area contributed by atoms with Crippen LogP contribution in [0.25, 0.3) is 22.6 Å². The van der Waals surface area contributed by atoms with Gasteiger partial charge in [0.05, 0.1) is 99.4 Å². The number of ether oxygens (including phenoxy) is 8. The van der Waals surface area contributed by atoms with Gasteiger partial charge in [0.2, 0.25) is 5.91 Å². The van der Waals surface area contributed by atoms with Crippen LogP contribution in [0.2, 0.25) is 0 Å². The minimum absolute atomic E-state index is 0.00414. The molecule has 0 spiro atoms. The number of phenols is 1. The van der Waals surface area contributed by atoms with E-state index in [9.17, 15) is 29.4 Å². The number of nitrogens with one attached hydrogen (secondary N) is 1. The van der Waals surface area contributed by atoms with Crippen molar-refractivity contribution in [2.24, 2.45) is 5.11 Å². The summed E-state index contributed by atoms with van der Waals surface area (Å²) in [4.78, 5) is 51.8. The fourth-order valence-electron chi connectivity index (χ4n) is 4.65. The zero-order valence-electron chi connectivity index (χ0n) is 32.8. The molecule has 3 N–H and O–H groups in total. The number of hydrogen-bond donors (Lipinski definition) is 3. The lowest BCUT2D eigenvalue weighted by Gasteiger charge is -2.10. The third-order valence-corrected chi connectivity index (χ3v) is 7.57. The standard InChI is InChI=1S/C40H54N4O14/c1-51-38-28-32(6-10-35(47)29-34(46)9-5-31-7-11-36(48)33(27-31)30-45)8-12-37(38)58-40(50)4-2-3-39(49)42-13-15-52-17-19-54-21-23-56-25-26-57-24-22-55-20-18-53-16-14-43-44-41/h5-12,27-28,45,48H,2-4,13-26,29-30H2,1H3,(H,42,49)/b9-5+,10-6+. The number of aliphatic hydroxyl groups is 1. The number of nitrogens with zero attached hydrogens (tertiary/aromatic N) is 3. The second kappa shape index (κ2) is 31.9. The number of rotatable bonds is 34. The number of benzene rings is 2. The SMILES string of the molecule is COc1cc(/C=C/C(=O)CC(=O)/C=C/c2ccc(O)c(CO)c2)ccc1OC(=O)CCCC(=O)NCCOCCOCCOCCOCCOCCOCCN=[N+]=[N-]. The first kappa shape index (κ1) is 49.0. The molecule has 0 bridgehead atoms. The van der Waals surface area contributed by atoms with E-state index in [1.165, 1.54) is 49.6 Å². The average molecular weight is 815 g/mol. The van der Waals surface area contributed by atoms with Crippen LogP contribution in [-0.2, 0) is 54.2 Å². The van der Waals surface area contributed by atoms with Gasteiger partial charge in [-0.25, -0.2) is 0 Å². The largest absolute Gasteiger partial charge is 0.508 e. The zero-order valence-corrected chi connectivity index (χ0v) is 32.8. The van der Waals surface area contributed by atoms with Gasteiger partial charge < -0.3 is 53.4 Å². The number of aliphatic hydroxyl groups excluding tert-OH is 1. The zero-order chi connectivity index (χ0) is 42.1. The van der Waals surface area contributed by atoms with E-state index in [1.807, 2.05) is 0 Å². The molecule has 0 aromatic heterocycles. The van der Waals surface area contributed by atoms with Crippen molar-refractivity contribution in [1.29, 1.82) is 0 Å². The van der Waals surface area contributed by atoms with E-state index in [-0.39, 0.29) is 55.4 Å². The van der Waals surface area contributed by atoms with Crippen LogP contribution in [0.15, 0.2) is 53.7 Å². The van der Waals surface area contributed by atoms with Crippen molar-refractivity contribution in [3.8, 4) is 17.2 Å². The summed E-state index contributed by atoms with van der Waals surface area (Å²) >= 11 is 0. The van der Waals surface area contributed by atoms with Crippen LogP contribution in [0.5, 0.6) is 17.2 Å². The Morgan fingerprint density at radius 1 is 0.724 bits per heavy atom. The molecule has 0 unspecified atom stereocenters. The van der Waals surface area contributed by atoms with Gasteiger partial charge in [0.25, 0.3) is 0 Å². The van der Waals surface area contributed by atoms with Crippen molar-refractivity contribution in [3.63, 3.8) is 0 Å². The minimum Gasteiger partial charge on any atom is -0.508 e. The molecule has 2 rings (SSSR count). The Labute approximate surface area is 337 Å². The Morgan fingerprint density at radius 2 is 1.26 bits per heavy atom. The molecule has 0 aliphatic heterocycles. The minimum atomic E-state index is -0.542. The fourth-order valence-corrected chi connectivity index (χ4v) is 4.65. The van der Waals surface area contributed by atoms with E-state index < -0.39 is 17.5 Å². The first-order valence-electron chi connectivity index (χ1n) is 18.7. The van der Waals surface area contributed by atoms with Gasteiger partial charge in [0.1, 0.15) is 5.75 Å². The van der Waals surface area contributed by atoms with Crippen molar-refractivity contribution < 1.29 is 67.3 Å². The molecular weight excluding hydrogens is 760 g/mol. The highest BCUT2D eigenvalue weighted by atomic mass is 16.6. The molecule has 0 saturated carbocycles. The Balaban J connectivity index is 1.48. The van der Waals surface area contributed by atoms with Gasteiger partial charge in [0, 0.05) is 36.4 Å². The molecule has 2 aromatic carbocycles. The summed E-state index contributed by atoms with van der Waals surface area (Å²) in [5.41, 5.74) is 9.64. The number of carbonyl (C=O) groups excluding carboxylic acids is 4. The predicted octanol–water partition coefficient (Wildman–Crippen LogP) is 3.75. The smallest absolute Gasteiger partial charge is 0.311 e. The number of hydrogen-bond acceptors (Lipinski definition) is 15. The molecule has 18 nitrogen and oxygen atoms in total. The van der Waals surface area contributed by atoms with E-state index in [1.54, 1.807) is 18.2 Å². The highest BCUT2D eigenvalue weighted by Gasteiger charge is 2.12. The van der Waals surface area contributed by atoms with Crippen LogP contribution >= 0.6 is 0 Å². The summed E-state index contributed by atoms with van der Waals surface area (Å²) in [6, 6.07) is 9.24. The molecule has 0 radical (unpaired) electrons. The second-order valence-electron chi connectivity index (χ2n) is 12.0. The molecule has 1 amide bonds. The van der Waals surface area contributed by atoms with E-state index in [4.69, 9.17) is 43.4 Å². The maximum atomic E-state index is 12.4. The Bertz CT molecular complexity index is 1650. The first-order valence-corrected chi connectivity index (χ1v) is 18.7. The van der Waals surface area contributed by atoms with Gasteiger partial charge in [-0.3, -0.25) is 19.2 Å². The Morgan fingerprint density at radius 3 is 1.81 bits per heavy atom. The van der Waals surface area contributed by atoms with Crippen molar-refractivity contribution >= 4 is 35.6 Å². The summed E-state index contributed by atoms with van der Waals surface area (Å²) in [6.07, 6.45) is 5.58. The average Bonchev–Trinajstić information content (AvgIpc) is 3.21. The topological polar surface area (TPSA) is 243 Å². The molecule has 0 fully saturated rings. The maximum Gasteiger partial charge on any atom is 0.311 e. The monoisotopic (exact) mass is 814 g/mol. The Kier molecular flexibility index (Phi) is 26.9. The van der Waals surface area contributed by atoms with Crippen LogP contribution in [0.4, 0.5) is 0 Å². The molecule has 318 valence electrons. The number of allylic oxidation sites excluding steroid dienone is 2. The van der Waals surface area contributed by atoms with E-state index in [0.717, 1.165) is 0 Å². The van der Waals surface area contributed by atoms with Gasteiger partial charge in [-0.1, -0.05) is 29.4 Å². The molecule has 0 heterocycles. The van der Waals surface area contributed by atoms with Crippen molar-refractivity contribution in [2.45, 2.75) is 32.3 Å². The van der Waals surface area contributed by atoms with Gasteiger partial charge >= 0.3 is 5.97 Å². The molecule has 18 heteroatoms. The third kappa shape index (κ3) is 23.8. The predicted molar refractivity (Wildman–Crippen MR) is 211 cm³/mol. The number of ketones is 2. The summed E-state index contributed by atoms with van der Waals surface area (Å²) in [5, 5.41) is 25.0. The summed E-state index contributed by atoms with van der Waals surface area (Å²) in [5.74, 6) is -1.22. The summed E-state index contributed by atoms with van der Waals surface area (Å²) in [6.45, 7) is 5.13. The van der Waals surface area contributed by atoms with Crippen LogP contribution < -0.4 is 14.8 Å². The second-order valence-corrected chi connectivity index (χ2v) is 12.0. The quantitative estimate of drug-likeness (QED) is 0.0133. The molecule has 0 aliphatic carbocycles. The number of azide groups is 1. The normalized spacial score (nSPS) is 11.1. The lowest BCUT2D eigenvalue weighted by Crippen LogP contribution is -2.27. The lowest BCUT2D eigenvalue weighted by molar-refractivity contribution is -0.134. The molecule has 2 aromatic rings. The van der Waals surface area contributed by atoms with E-state index in [0.29, 0.717) is 109 Å². The number of amides is 1. The molecule has 0 atom stereocenters. The van der Waals surface area contributed by atoms with Crippen LogP contribution in [0.3, 0.4) is 0 Å². The molecular formula is C40H54N4O14. The highest BCUT2D eigenvalue weighted by Crippen LogP contribution is 2.29. The summed E-state index contributed by atoms with van der Waals surface area (Å²) < 4.78 is 43.1. The first-order chi connectivity index (χ1) is 28.2. The van der Waals surface area contributed by atoms with Gasteiger partial charge in [-0.15, -0.1) is 0 Å². The van der Waals surface area contributed by atoms with Gasteiger partial charge in [-0.05, 0) is 59.5 Å². The molecule has 58 heavy (non-hydrogen) atoms. The van der Waals surface area contributed by atoms with Gasteiger partial charge in [-0.2, -0.15) is 0 Å². The van der Waals surface area contributed by atoms with Crippen molar-refractivity contribution in [3.05, 3.63) is 75.7 Å². The Hall–Kier alpha value is -5.17. The van der Waals surface area contributed by atoms with Crippen molar-refractivity contribution in [1.82, 2.24) is 5.32 Å². The fraction of sp³-hybridized carbons (Fsp3) is 0.500. The third-order valence-electron chi connectivity index (χ3n) is 7.57. The summed E-state index contributed by atoms with van der Waals surface area (Å²) in [7, 11) is 1.41. The number of methoxy groups -OCH3 is 1. The van der Waals surface area contributed by atoms with Crippen LogP contribution in [0.1, 0.15) is 42.4 Å². The van der Waals surface area contributed by atoms with Crippen LogP contribution in [-0.4, -0.2) is 133 Å². The molecule has 0 aliphatic rings. The van der Waals surface area contributed by atoms with Gasteiger partial charge in [0.15, 0.2) is 23.1 Å². The lowest BCUT2D eigenvalue weighted by atomic mass is 10.1. The number of aromatic hydroxyl groups is 1. The van der Waals surface area contributed by atoms with Crippen molar-refractivity contribution in [2.75, 3.05) is 99.5 Å². The maximum absolute atomic E-state index is 12.4. The number of carbonyl (C=O) groups is 4. The number of esters is 1. The highest BCUT2D eigenvalue weighted by molar-refractivity contribution is 6.10. The van der Waals surface area contributed by atoms with E-state index >= 15 is 0 Å².